The monoisotopic (exact) mass is 730 g/mol. The predicted molar refractivity (Wildman–Crippen MR) is 238 cm³/mol. The summed E-state index contributed by atoms with van der Waals surface area (Å²) in [6.07, 6.45) is 17.7. The maximum absolute atomic E-state index is 14.5. The minimum absolute atomic E-state index is 0.0386. The summed E-state index contributed by atoms with van der Waals surface area (Å²) in [5, 5.41) is 5.89. The molecule has 0 aliphatic heterocycles. The molecule has 2 nitrogen and oxygen atoms in total. The maximum atomic E-state index is 14.5. The minimum atomic E-state index is -0.0386. The third-order valence-electron chi connectivity index (χ3n) is 11.8. The summed E-state index contributed by atoms with van der Waals surface area (Å²) in [6, 6.07) is 32.7. The van der Waals surface area contributed by atoms with Crippen LogP contribution >= 0.6 is 0 Å². The Morgan fingerprint density at radius 1 is 0.393 bits per heavy atom. The highest BCUT2D eigenvalue weighted by Gasteiger charge is 2.27. The van der Waals surface area contributed by atoms with Crippen LogP contribution in [0, 0.1) is 23.7 Å². The van der Waals surface area contributed by atoms with E-state index in [0.29, 0.717) is 21.5 Å². The molecule has 0 bridgehead atoms. The lowest BCUT2D eigenvalue weighted by molar-refractivity contribution is 0.607. The summed E-state index contributed by atoms with van der Waals surface area (Å²) in [7, 11) is 0. The Hall–Kier alpha value is -5.70. The van der Waals surface area contributed by atoms with Crippen molar-refractivity contribution < 1.29 is 0 Å². The Kier molecular flexibility index (Phi) is 11.3. The van der Waals surface area contributed by atoms with Crippen LogP contribution < -0.4 is 10.9 Å². The first-order valence-corrected chi connectivity index (χ1v) is 21.1. The summed E-state index contributed by atoms with van der Waals surface area (Å²) in [6.45, 7) is 4.51. The van der Waals surface area contributed by atoms with E-state index in [1.165, 1.54) is 88.2 Å². The molecule has 2 aliphatic carbocycles. The molecule has 8 rings (SSSR count). The lowest BCUT2D eigenvalue weighted by Crippen LogP contribution is -2.14. The van der Waals surface area contributed by atoms with Gasteiger partial charge in [0.2, 0.25) is 0 Å². The first-order valence-electron chi connectivity index (χ1n) is 21.1. The Bertz CT molecular complexity index is 2610. The van der Waals surface area contributed by atoms with Crippen LogP contribution in [0.5, 0.6) is 0 Å². The molecule has 0 atom stereocenters. The lowest BCUT2D eigenvalue weighted by atomic mass is 9.79. The highest BCUT2D eigenvalue weighted by molar-refractivity contribution is 6.29. The van der Waals surface area contributed by atoms with E-state index in [0.717, 1.165) is 67.8 Å². The molecule has 56 heavy (non-hydrogen) atoms. The number of benzene rings is 8. The van der Waals surface area contributed by atoms with Gasteiger partial charge in [-0.3, -0.25) is 9.59 Å². The first kappa shape index (κ1) is 37.2. The fraction of sp³-hybridized carbons (Fsp3) is 0.296. The smallest absolute Gasteiger partial charge is 0.194 e. The zero-order valence-electron chi connectivity index (χ0n) is 33.0. The molecular formula is C54H50O2. The standard InChI is InChI=1S/C54H50O2/c1-3-5-7-9-11-13-17-37-23-27-39(28-24-37)31-33-41-35-47-51-49-43(41)19-15-21-45(49)54(56)48-36-42(44-20-16-22-46(53(47)55)50(44)52(48)51)34-32-40-29-25-38(26-30-40)18-14-12-10-8-6-4-2/h15-16,19-30,35-36H,3-14,17-18H2,1-2H3. The van der Waals surface area contributed by atoms with Gasteiger partial charge >= 0.3 is 0 Å². The van der Waals surface area contributed by atoms with E-state index in [4.69, 9.17) is 0 Å². The van der Waals surface area contributed by atoms with Crippen LogP contribution in [0.4, 0.5) is 0 Å². The number of unbranched alkanes of at least 4 members (excludes halogenated alkanes) is 10. The van der Waals surface area contributed by atoms with Gasteiger partial charge in [0, 0.05) is 65.7 Å². The van der Waals surface area contributed by atoms with Crippen LogP contribution in [0.1, 0.15) is 124 Å². The number of rotatable bonds is 14. The van der Waals surface area contributed by atoms with E-state index in [2.05, 4.69) is 86.1 Å². The topological polar surface area (TPSA) is 34.1 Å². The van der Waals surface area contributed by atoms with E-state index in [9.17, 15) is 9.59 Å². The van der Waals surface area contributed by atoms with Gasteiger partial charge in [0.25, 0.3) is 0 Å². The average molecular weight is 731 g/mol. The van der Waals surface area contributed by atoms with Gasteiger partial charge in [-0.15, -0.1) is 0 Å². The highest BCUT2D eigenvalue weighted by atomic mass is 16.1. The molecule has 0 radical (unpaired) electrons. The van der Waals surface area contributed by atoms with Crippen molar-refractivity contribution in [3.63, 3.8) is 0 Å². The Labute approximate surface area is 331 Å². The number of hydrogen-bond donors (Lipinski definition) is 0. The second-order valence-electron chi connectivity index (χ2n) is 15.7. The largest absolute Gasteiger partial charge is 0.289 e. The van der Waals surface area contributed by atoms with E-state index >= 15 is 0 Å². The van der Waals surface area contributed by atoms with Crippen molar-refractivity contribution in [2.45, 2.75) is 104 Å². The summed E-state index contributed by atoms with van der Waals surface area (Å²) < 4.78 is 0. The second kappa shape index (κ2) is 17.0. The van der Waals surface area contributed by atoms with Gasteiger partial charge in [-0.2, -0.15) is 0 Å². The van der Waals surface area contributed by atoms with E-state index in [1.807, 2.05) is 48.5 Å². The Morgan fingerprint density at radius 2 is 0.768 bits per heavy atom. The van der Waals surface area contributed by atoms with Crippen LogP contribution in [-0.4, -0.2) is 0 Å². The van der Waals surface area contributed by atoms with Crippen molar-refractivity contribution in [3.05, 3.63) is 151 Å². The van der Waals surface area contributed by atoms with Crippen LogP contribution in [0.2, 0.25) is 0 Å². The molecule has 0 amide bonds. The molecule has 278 valence electrons. The van der Waals surface area contributed by atoms with Crippen molar-refractivity contribution in [2.24, 2.45) is 0 Å². The normalized spacial score (nSPS) is 11.5. The fourth-order valence-electron chi connectivity index (χ4n) is 8.71. The molecule has 6 aromatic carbocycles. The van der Waals surface area contributed by atoms with E-state index in [-0.39, 0.29) is 10.9 Å². The summed E-state index contributed by atoms with van der Waals surface area (Å²) in [5.74, 6) is 13.6. The SMILES string of the molecule is CCCCCCCCc1ccc(C#Cc2cc3c4c5c2cccc5c(=O)c2cc(C#Cc5ccc(CCCCCCCC)cc5)c5cccc(c3=O)c5c2-4)cc1. The quantitative estimate of drug-likeness (QED) is 0.0483. The number of hydrogen-bond acceptors (Lipinski definition) is 2. The van der Waals surface area contributed by atoms with Crippen molar-refractivity contribution in [3.8, 4) is 34.8 Å². The molecule has 0 N–H and O–H groups in total. The molecule has 6 aromatic rings. The molecule has 0 aromatic heterocycles. The summed E-state index contributed by atoms with van der Waals surface area (Å²) in [5.41, 5.74) is 7.69. The van der Waals surface area contributed by atoms with Crippen molar-refractivity contribution in [1.29, 1.82) is 0 Å². The van der Waals surface area contributed by atoms with Crippen LogP contribution in [0.3, 0.4) is 0 Å². The molecule has 2 aliphatic rings. The molecule has 0 fully saturated rings. The second-order valence-corrected chi connectivity index (χ2v) is 15.7. The molecule has 2 heteroatoms. The van der Waals surface area contributed by atoms with Gasteiger partial charge in [0.15, 0.2) is 10.9 Å². The molecule has 0 saturated heterocycles. The van der Waals surface area contributed by atoms with Crippen molar-refractivity contribution in [1.82, 2.24) is 0 Å². The molecule has 0 saturated carbocycles. The average Bonchev–Trinajstić information content (AvgIpc) is 3.23. The van der Waals surface area contributed by atoms with Gasteiger partial charge in [0.05, 0.1) is 0 Å². The van der Waals surface area contributed by atoms with Crippen molar-refractivity contribution >= 4 is 43.1 Å². The predicted octanol–water partition coefficient (Wildman–Crippen LogP) is 13.0. The molecule has 0 spiro atoms. The Balaban J connectivity index is 1.14. The van der Waals surface area contributed by atoms with E-state index in [1.54, 1.807) is 0 Å². The zero-order valence-corrected chi connectivity index (χ0v) is 33.0. The van der Waals surface area contributed by atoms with Crippen LogP contribution in [-0.2, 0) is 12.8 Å². The van der Waals surface area contributed by atoms with Crippen LogP contribution in [0.25, 0.3) is 54.2 Å². The third kappa shape index (κ3) is 7.47. The third-order valence-corrected chi connectivity index (χ3v) is 11.8. The maximum Gasteiger partial charge on any atom is 0.194 e. The van der Waals surface area contributed by atoms with E-state index < -0.39 is 0 Å². The molecule has 0 unspecified atom stereocenters. The fourth-order valence-corrected chi connectivity index (χ4v) is 8.71. The van der Waals surface area contributed by atoms with Gasteiger partial charge in [-0.25, -0.2) is 0 Å². The van der Waals surface area contributed by atoms with Gasteiger partial charge < -0.3 is 0 Å². The lowest BCUT2D eigenvalue weighted by Gasteiger charge is -2.22. The van der Waals surface area contributed by atoms with Crippen LogP contribution in [0.15, 0.2) is 107 Å². The van der Waals surface area contributed by atoms with Gasteiger partial charge in [-0.1, -0.05) is 162 Å². The summed E-state index contributed by atoms with van der Waals surface area (Å²) >= 11 is 0. The highest BCUT2D eigenvalue weighted by Crippen LogP contribution is 2.46. The van der Waals surface area contributed by atoms with Gasteiger partial charge in [-0.05, 0) is 84.0 Å². The minimum Gasteiger partial charge on any atom is -0.289 e. The molecular weight excluding hydrogens is 681 g/mol. The van der Waals surface area contributed by atoms with Gasteiger partial charge in [0.1, 0.15) is 0 Å². The number of aryl methyl sites for hydroxylation is 2. The Morgan fingerprint density at radius 3 is 1.18 bits per heavy atom. The summed E-state index contributed by atoms with van der Waals surface area (Å²) in [4.78, 5) is 28.9. The van der Waals surface area contributed by atoms with Crippen molar-refractivity contribution in [2.75, 3.05) is 0 Å². The first-order chi connectivity index (χ1) is 27.6. The zero-order chi connectivity index (χ0) is 38.4. The molecule has 0 heterocycles.